The van der Waals surface area contributed by atoms with Crippen molar-refractivity contribution in [2.24, 2.45) is 5.92 Å². The second kappa shape index (κ2) is 8.14. The van der Waals surface area contributed by atoms with E-state index < -0.39 is 4.75 Å². The van der Waals surface area contributed by atoms with Gasteiger partial charge < -0.3 is 5.09 Å². The van der Waals surface area contributed by atoms with Crippen LogP contribution in [-0.4, -0.2) is 33.9 Å². The van der Waals surface area contributed by atoms with Crippen molar-refractivity contribution in [2.75, 3.05) is 6.54 Å². The number of rotatable bonds is 8. The molecule has 1 N–H and O–H groups in total. The number of hydrogen-bond donors (Lipinski definition) is 2. The van der Waals surface area contributed by atoms with Crippen molar-refractivity contribution < 1.29 is 14.4 Å². The molecule has 0 saturated carbocycles. The predicted octanol–water partition coefficient (Wildman–Crippen LogP) is 1.93. The number of amides is 3. The van der Waals surface area contributed by atoms with Crippen LogP contribution < -0.4 is 5.09 Å². The monoisotopic (exact) mass is 332 g/mol. The van der Waals surface area contributed by atoms with Crippen molar-refractivity contribution in [3.8, 4) is 0 Å². The topological polar surface area (TPSA) is 66.5 Å². The van der Waals surface area contributed by atoms with E-state index in [-0.39, 0.29) is 30.1 Å². The molecule has 7 heteroatoms. The molecule has 0 spiro atoms. The van der Waals surface area contributed by atoms with Crippen LogP contribution in [0.1, 0.15) is 52.4 Å². The van der Waals surface area contributed by atoms with Gasteiger partial charge in [0.15, 0.2) is 0 Å². The van der Waals surface area contributed by atoms with E-state index in [9.17, 15) is 14.4 Å². The lowest BCUT2D eigenvalue weighted by atomic mass is 9.89. The summed E-state index contributed by atoms with van der Waals surface area (Å²) in [4.78, 5) is 36.7. The third-order valence-corrected chi connectivity index (χ3v) is 5.11. The number of unbranched alkanes of at least 4 members (excludes halogenated alkanes) is 2. The molecule has 3 unspecified atom stereocenters. The Labute approximate surface area is 134 Å². The molecule has 120 valence electrons. The first-order valence-electron chi connectivity index (χ1n) is 7.39. The van der Waals surface area contributed by atoms with E-state index in [2.05, 4.69) is 27.1 Å². The molecule has 0 aromatic heterocycles. The van der Waals surface area contributed by atoms with Gasteiger partial charge in [-0.25, -0.2) is 0 Å². The molecule has 3 amide bonds. The van der Waals surface area contributed by atoms with Gasteiger partial charge in [0.05, 0.1) is 5.92 Å². The zero-order chi connectivity index (χ0) is 16.0. The van der Waals surface area contributed by atoms with Crippen LogP contribution in [0.25, 0.3) is 0 Å². The SMILES string of the molecule is CCC(C)(S)C1CC(=O)N(CCCCCC(=O)NP)C1=O. The van der Waals surface area contributed by atoms with E-state index >= 15 is 0 Å². The highest BCUT2D eigenvalue weighted by Crippen LogP contribution is 2.36. The van der Waals surface area contributed by atoms with Gasteiger partial charge in [-0.3, -0.25) is 19.3 Å². The van der Waals surface area contributed by atoms with Gasteiger partial charge >= 0.3 is 0 Å². The third kappa shape index (κ3) is 4.96. The summed E-state index contributed by atoms with van der Waals surface area (Å²) in [6.45, 7) is 4.34. The molecule has 1 aliphatic rings. The van der Waals surface area contributed by atoms with Crippen LogP contribution in [0, 0.1) is 5.92 Å². The van der Waals surface area contributed by atoms with Gasteiger partial charge in [-0.15, -0.1) is 0 Å². The van der Waals surface area contributed by atoms with Crippen LogP contribution in [0.5, 0.6) is 0 Å². The summed E-state index contributed by atoms with van der Waals surface area (Å²) >= 11 is 4.53. The first-order chi connectivity index (χ1) is 9.83. The summed E-state index contributed by atoms with van der Waals surface area (Å²) in [5.41, 5.74) is 0. The third-order valence-electron chi connectivity index (χ3n) is 4.16. The van der Waals surface area contributed by atoms with Gasteiger partial charge in [-0.2, -0.15) is 12.6 Å². The Bertz CT molecular complexity index is 415. The molecule has 1 rings (SSSR count). The summed E-state index contributed by atoms with van der Waals surface area (Å²) in [5, 5.41) is 2.49. The molecular weight excluding hydrogens is 307 g/mol. The standard InChI is InChI=1S/C14H25N2O3PS/c1-3-14(2,21)10-9-12(18)16(13(10)19)8-6-4-5-7-11(17)15-20/h10,21H,3-9,20H2,1-2H3,(H,15,17). The average molecular weight is 332 g/mol. The molecule has 1 aliphatic heterocycles. The van der Waals surface area contributed by atoms with Crippen LogP contribution in [-0.2, 0) is 14.4 Å². The number of imide groups is 1. The van der Waals surface area contributed by atoms with Crippen molar-refractivity contribution in [1.29, 1.82) is 0 Å². The Kier molecular flexibility index (Phi) is 7.14. The molecular formula is C14H25N2O3PS. The summed E-state index contributed by atoms with van der Waals surface area (Å²) < 4.78 is -0.432. The maximum absolute atomic E-state index is 12.3. The van der Waals surface area contributed by atoms with Crippen LogP contribution in [0.3, 0.4) is 0 Å². The van der Waals surface area contributed by atoms with E-state index in [0.717, 1.165) is 25.7 Å². The number of thiol groups is 1. The highest BCUT2D eigenvalue weighted by atomic mass is 32.1. The Balaban J connectivity index is 2.41. The molecule has 0 radical (unpaired) electrons. The van der Waals surface area contributed by atoms with E-state index in [1.165, 1.54) is 4.90 Å². The number of carbonyl (C=O) groups is 3. The molecule has 1 fully saturated rings. The fourth-order valence-electron chi connectivity index (χ4n) is 2.45. The van der Waals surface area contributed by atoms with Crippen molar-refractivity contribution in [3.05, 3.63) is 0 Å². The lowest BCUT2D eigenvalue weighted by Crippen LogP contribution is -2.37. The number of hydrogen-bond acceptors (Lipinski definition) is 4. The summed E-state index contributed by atoms with van der Waals surface area (Å²) in [6, 6.07) is 0. The average Bonchev–Trinajstić information content (AvgIpc) is 2.74. The van der Waals surface area contributed by atoms with Gasteiger partial charge in [0.2, 0.25) is 17.7 Å². The summed E-state index contributed by atoms with van der Waals surface area (Å²) in [5.74, 6) is -0.521. The Hall–Kier alpha value is -0.610. The van der Waals surface area contributed by atoms with Crippen molar-refractivity contribution in [1.82, 2.24) is 9.99 Å². The maximum Gasteiger partial charge on any atom is 0.234 e. The Morgan fingerprint density at radius 1 is 1.43 bits per heavy atom. The lowest BCUT2D eigenvalue weighted by molar-refractivity contribution is -0.139. The molecule has 0 aromatic carbocycles. The fraction of sp³-hybridized carbons (Fsp3) is 0.786. The van der Waals surface area contributed by atoms with Gasteiger partial charge in [-0.1, -0.05) is 13.3 Å². The highest BCUT2D eigenvalue weighted by molar-refractivity contribution is 7.81. The molecule has 0 bridgehead atoms. The number of nitrogens with one attached hydrogen (secondary N) is 1. The second-order valence-electron chi connectivity index (χ2n) is 5.73. The van der Waals surface area contributed by atoms with Gasteiger partial charge in [0.25, 0.3) is 0 Å². The first kappa shape index (κ1) is 18.4. The minimum atomic E-state index is -0.432. The van der Waals surface area contributed by atoms with Gasteiger partial charge in [0.1, 0.15) is 0 Å². The molecule has 0 aliphatic carbocycles. The quantitative estimate of drug-likeness (QED) is 0.309. The molecule has 3 atom stereocenters. The molecule has 21 heavy (non-hydrogen) atoms. The minimum absolute atomic E-state index is 0.0119. The number of nitrogens with zero attached hydrogens (tertiary/aromatic N) is 1. The largest absolute Gasteiger partial charge is 0.341 e. The molecule has 1 saturated heterocycles. The van der Waals surface area contributed by atoms with Gasteiger partial charge in [0, 0.05) is 24.1 Å². The zero-order valence-corrected chi connectivity index (χ0v) is 14.8. The number of likely N-dealkylation sites (tertiary alicyclic amines) is 1. The molecule has 5 nitrogen and oxygen atoms in total. The fourth-order valence-corrected chi connectivity index (χ4v) is 2.80. The van der Waals surface area contributed by atoms with Crippen molar-refractivity contribution in [2.45, 2.75) is 57.1 Å². The lowest BCUT2D eigenvalue weighted by Gasteiger charge is -2.27. The highest BCUT2D eigenvalue weighted by Gasteiger charge is 2.46. The summed E-state index contributed by atoms with van der Waals surface area (Å²) in [6.07, 6.45) is 3.81. The van der Waals surface area contributed by atoms with Crippen LogP contribution in [0.2, 0.25) is 0 Å². The number of carbonyl (C=O) groups excluding carboxylic acids is 3. The minimum Gasteiger partial charge on any atom is -0.341 e. The van der Waals surface area contributed by atoms with Crippen molar-refractivity contribution in [3.63, 3.8) is 0 Å². The van der Waals surface area contributed by atoms with E-state index in [1.807, 2.05) is 13.8 Å². The van der Waals surface area contributed by atoms with Crippen LogP contribution in [0.4, 0.5) is 0 Å². The van der Waals surface area contributed by atoms with E-state index in [1.54, 1.807) is 0 Å². The Morgan fingerprint density at radius 3 is 2.67 bits per heavy atom. The summed E-state index contributed by atoms with van der Waals surface area (Å²) in [7, 11) is 2.18. The van der Waals surface area contributed by atoms with Crippen LogP contribution in [0.15, 0.2) is 0 Å². The zero-order valence-electron chi connectivity index (χ0n) is 12.7. The predicted molar refractivity (Wildman–Crippen MR) is 88.8 cm³/mol. The van der Waals surface area contributed by atoms with Crippen molar-refractivity contribution >= 4 is 39.7 Å². The van der Waals surface area contributed by atoms with E-state index in [4.69, 9.17) is 0 Å². The maximum atomic E-state index is 12.3. The van der Waals surface area contributed by atoms with E-state index in [0.29, 0.717) is 13.0 Å². The first-order valence-corrected chi connectivity index (χ1v) is 8.42. The molecule has 0 aromatic rings. The Morgan fingerprint density at radius 2 is 2.10 bits per heavy atom. The normalized spacial score (nSPS) is 21.5. The molecule has 1 heterocycles. The van der Waals surface area contributed by atoms with Gasteiger partial charge in [-0.05, 0) is 35.6 Å². The van der Waals surface area contributed by atoms with Crippen LogP contribution >= 0.6 is 22.0 Å². The smallest absolute Gasteiger partial charge is 0.234 e. The second-order valence-corrected chi connectivity index (χ2v) is 7.04.